The van der Waals surface area contributed by atoms with Crippen LogP contribution in [0.25, 0.3) is 0 Å². The van der Waals surface area contributed by atoms with Crippen LogP contribution in [0.15, 0.2) is 30.3 Å². The number of nitrogens with zero attached hydrogens (tertiary/aromatic N) is 2. The predicted octanol–water partition coefficient (Wildman–Crippen LogP) is 1.39. The normalized spacial score (nSPS) is 21.9. The Morgan fingerprint density at radius 2 is 2.10 bits per heavy atom. The van der Waals surface area contributed by atoms with Crippen LogP contribution < -0.4 is 16.2 Å². The van der Waals surface area contributed by atoms with E-state index in [0.29, 0.717) is 11.6 Å². The molecule has 0 spiro atoms. The Kier molecular flexibility index (Phi) is 3.72. The molecule has 1 saturated heterocycles. The molecule has 6 nitrogen and oxygen atoms in total. The van der Waals surface area contributed by atoms with Gasteiger partial charge >= 0.3 is 0 Å². The van der Waals surface area contributed by atoms with Crippen LogP contribution in [0.2, 0.25) is 0 Å². The van der Waals surface area contributed by atoms with E-state index in [1.54, 1.807) is 0 Å². The van der Waals surface area contributed by atoms with Crippen LogP contribution in [0, 0.1) is 6.92 Å². The second-order valence-electron chi connectivity index (χ2n) is 4.66. The molecule has 1 aliphatic rings. The molecular formula is C13H15N5OS. The van der Waals surface area contributed by atoms with E-state index in [4.69, 9.17) is 0 Å². The summed E-state index contributed by atoms with van der Waals surface area (Å²) in [7, 11) is 0. The molecule has 2 heterocycles. The molecule has 20 heavy (non-hydrogen) atoms. The standard InChI is InChI=1S/C13H15N5OS/c1-8-15-18-13(20-8)14-12(19)11-7-10(16-17-11)9-5-3-2-4-6-9/h2-6,10-11,16-17H,7H2,1H3,(H,14,18,19). The average molecular weight is 289 g/mol. The molecule has 0 saturated carbocycles. The highest BCUT2D eigenvalue weighted by atomic mass is 32.1. The Labute approximate surface area is 120 Å². The molecule has 3 N–H and O–H groups in total. The van der Waals surface area contributed by atoms with Crippen molar-refractivity contribution in [1.29, 1.82) is 0 Å². The van der Waals surface area contributed by atoms with Gasteiger partial charge in [-0.15, -0.1) is 10.2 Å². The molecule has 1 amide bonds. The minimum absolute atomic E-state index is 0.0907. The summed E-state index contributed by atoms with van der Waals surface area (Å²) in [5.74, 6) is -0.0907. The van der Waals surface area contributed by atoms with Crippen LogP contribution in [-0.4, -0.2) is 22.1 Å². The van der Waals surface area contributed by atoms with Crippen LogP contribution in [0.4, 0.5) is 5.13 Å². The number of hydrazine groups is 1. The van der Waals surface area contributed by atoms with Crippen molar-refractivity contribution in [2.75, 3.05) is 5.32 Å². The van der Waals surface area contributed by atoms with Crippen molar-refractivity contribution in [3.05, 3.63) is 40.9 Å². The van der Waals surface area contributed by atoms with Gasteiger partial charge in [-0.05, 0) is 18.9 Å². The summed E-state index contributed by atoms with van der Waals surface area (Å²) in [6.07, 6.45) is 0.702. The monoisotopic (exact) mass is 289 g/mol. The highest BCUT2D eigenvalue weighted by molar-refractivity contribution is 7.15. The fraction of sp³-hybridized carbons (Fsp3) is 0.308. The summed E-state index contributed by atoms with van der Waals surface area (Å²) < 4.78 is 0. The van der Waals surface area contributed by atoms with E-state index in [2.05, 4.69) is 26.4 Å². The molecule has 2 aromatic rings. The van der Waals surface area contributed by atoms with Gasteiger partial charge in [-0.2, -0.15) is 0 Å². The third-order valence-electron chi connectivity index (χ3n) is 3.18. The van der Waals surface area contributed by atoms with E-state index in [9.17, 15) is 4.79 Å². The number of carbonyl (C=O) groups is 1. The number of benzene rings is 1. The summed E-state index contributed by atoms with van der Waals surface area (Å²) in [4.78, 5) is 12.1. The van der Waals surface area contributed by atoms with Gasteiger partial charge in [0.05, 0.1) is 0 Å². The van der Waals surface area contributed by atoms with E-state index in [1.807, 2.05) is 37.3 Å². The van der Waals surface area contributed by atoms with E-state index in [0.717, 1.165) is 5.01 Å². The number of hydrogen-bond acceptors (Lipinski definition) is 6. The SMILES string of the molecule is Cc1nnc(NC(=O)C2CC(c3ccccc3)NN2)s1. The summed E-state index contributed by atoms with van der Waals surface area (Å²) in [6, 6.07) is 9.94. The number of amides is 1. The quantitative estimate of drug-likeness (QED) is 0.796. The summed E-state index contributed by atoms with van der Waals surface area (Å²) in [5.41, 5.74) is 7.35. The Balaban J connectivity index is 1.61. The zero-order valence-corrected chi connectivity index (χ0v) is 11.8. The molecule has 2 unspecified atom stereocenters. The fourth-order valence-corrected chi connectivity index (χ4v) is 2.77. The van der Waals surface area contributed by atoms with E-state index in [-0.39, 0.29) is 18.0 Å². The molecule has 104 valence electrons. The summed E-state index contributed by atoms with van der Waals surface area (Å²) in [5, 5.41) is 11.9. The van der Waals surface area contributed by atoms with Gasteiger partial charge in [-0.25, -0.2) is 10.9 Å². The lowest BCUT2D eigenvalue weighted by Gasteiger charge is -2.09. The van der Waals surface area contributed by atoms with Crippen LogP contribution >= 0.6 is 11.3 Å². The Morgan fingerprint density at radius 1 is 1.30 bits per heavy atom. The first kappa shape index (κ1) is 13.2. The number of rotatable bonds is 3. The molecule has 1 aromatic heterocycles. The first-order chi connectivity index (χ1) is 9.72. The third-order valence-corrected chi connectivity index (χ3v) is 3.93. The van der Waals surface area contributed by atoms with Crippen molar-refractivity contribution in [2.24, 2.45) is 0 Å². The number of hydrogen-bond donors (Lipinski definition) is 3. The molecule has 7 heteroatoms. The third kappa shape index (κ3) is 2.84. The lowest BCUT2D eigenvalue weighted by atomic mass is 10.0. The van der Waals surface area contributed by atoms with E-state index in [1.165, 1.54) is 16.9 Å². The van der Waals surface area contributed by atoms with Gasteiger partial charge in [-0.1, -0.05) is 41.7 Å². The molecule has 1 fully saturated rings. The van der Waals surface area contributed by atoms with Gasteiger partial charge in [0.25, 0.3) is 0 Å². The smallest absolute Gasteiger partial charge is 0.244 e. The molecule has 2 atom stereocenters. The van der Waals surface area contributed by atoms with Crippen LogP contribution in [0.3, 0.4) is 0 Å². The maximum absolute atomic E-state index is 12.1. The van der Waals surface area contributed by atoms with Gasteiger partial charge in [0.2, 0.25) is 11.0 Å². The molecule has 0 bridgehead atoms. The van der Waals surface area contributed by atoms with Gasteiger partial charge < -0.3 is 0 Å². The van der Waals surface area contributed by atoms with Gasteiger partial charge in [0.1, 0.15) is 11.0 Å². The second-order valence-corrected chi connectivity index (χ2v) is 5.84. The maximum Gasteiger partial charge on any atom is 0.244 e. The summed E-state index contributed by atoms with van der Waals surface area (Å²) >= 11 is 1.37. The Hall–Kier alpha value is -1.83. The number of aryl methyl sites for hydroxylation is 1. The van der Waals surface area contributed by atoms with Crippen LogP contribution in [-0.2, 0) is 4.79 Å². The predicted molar refractivity (Wildman–Crippen MR) is 77.1 cm³/mol. The molecule has 0 aliphatic carbocycles. The van der Waals surface area contributed by atoms with Crippen molar-refractivity contribution >= 4 is 22.4 Å². The second kappa shape index (κ2) is 5.66. The minimum atomic E-state index is -0.274. The van der Waals surface area contributed by atoms with Crippen LogP contribution in [0.5, 0.6) is 0 Å². The van der Waals surface area contributed by atoms with Gasteiger partial charge in [0, 0.05) is 6.04 Å². The number of nitrogens with one attached hydrogen (secondary N) is 3. The van der Waals surface area contributed by atoms with Crippen molar-refractivity contribution in [2.45, 2.75) is 25.4 Å². The molecule has 1 aliphatic heterocycles. The Bertz CT molecular complexity index is 600. The van der Waals surface area contributed by atoms with E-state index >= 15 is 0 Å². The zero-order valence-electron chi connectivity index (χ0n) is 11.0. The fourth-order valence-electron chi connectivity index (χ4n) is 2.17. The maximum atomic E-state index is 12.1. The molecule has 3 rings (SSSR count). The van der Waals surface area contributed by atoms with E-state index < -0.39 is 0 Å². The van der Waals surface area contributed by atoms with Crippen molar-refractivity contribution < 1.29 is 4.79 Å². The first-order valence-electron chi connectivity index (χ1n) is 6.39. The topological polar surface area (TPSA) is 78.9 Å². The number of carbonyl (C=O) groups excluding carboxylic acids is 1. The first-order valence-corrected chi connectivity index (χ1v) is 7.21. The summed E-state index contributed by atoms with van der Waals surface area (Å²) in [6.45, 7) is 1.86. The van der Waals surface area contributed by atoms with Gasteiger partial charge in [-0.3, -0.25) is 10.1 Å². The number of anilines is 1. The average Bonchev–Trinajstić information content (AvgIpc) is 3.09. The lowest BCUT2D eigenvalue weighted by molar-refractivity contribution is -0.117. The largest absolute Gasteiger partial charge is 0.299 e. The van der Waals surface area contributed by atoms with Crippen molar-refractivity contribution in [3.8, 4) is 0 Å². The molecular weight excluding hydrogens is 274 g/mol. The molecule has 0 radical (unpaired) electrons. The Morgan fingerprint density at radius 3 is 2.80 bits per heavy atom. The number of aromatic nitrogens is 2. The van der Waals surface area contributed by atoms with Crippen LogP contribution in [0.1, 0.15) is 23.0 Å². The van der Waals surface area contributed by atoms with Crippen molar-refractivity contribution in [1.82, 2.24) is 21.0 Å². The zero-order chi connectivity index (χ0) is 13.9. The highest BCUT2D eigenvalue weighted by Crippen LogP contribution is 2.23. The highest BCUT2D eigenvalue weighted by Gasteiger charge is 2.30. The molecule has 1 aromatic carbocycles. The lowest BCUT2D eigenvalue weighted by Crippen LogP contribution is -2.39. The van der Waals surface area contributed by atoms with Gasteiger partial charge in [0.15, 0.2) is 0 Å². The van der Waals surface area contributed by atoms with Crippen molar-refractivity contribution in [3.63, 3.8) is 0 Å². The minimum Gasteiger partial charge on any atom is -0.299 e.